The Bertz CT molecular complexity index is 8.00. The van der Waals surface area contributed by atoms with Crippen molar-refractivity contribution in [3.8, 4) is 0 Å². The first kappa shape index (κ1) is 17.5. The van der Waals surface area contributed by atoms with Gasteiger partial charge in [0.25, 0.3) is 0 Å². The topological polar surface area (TPSA) is 36.5 Å². The largest absolute Gasteiger partial charge is 1.00 e. The maximum atomic E-state index is 2.14. The molecule has 0 aromatic rings. The summed E-state index contributed by atoms with van der Waals surface area (Å²) in [5.41, 5.74) is 0. The minimum absolute atomic E-state index is 0. The van der Waals surface area contributed by atoms with Crippen molar-refractivity contribution in [3.05, 3.63) is 0 Å². The van der Waals surface area contributed by atoms with Crippen molar-refractivity contribution in [1.82, 2.24) is 6.15 Å². The fourth-order valence-electron chi connectivity index (χ4n) is 0. The van der Waals surface area contributed by atoms with Crippen molar-refractivity contribution in [3.63, 3.8) is 0 Å². The summed E-state index contributed by atoms with van der Waals surface area (Å²) in [6.07, 6.45) is 0. The molecule has 0 bridgehead atoms. The maximum absolute atomic E-state index is 2.14. The van der Waals surface area contributed by atoms with Crippen LogP contribution in [-0.2, 0) is 0 Å². The number of hydrogen-bond acceptors (Lipinski definition) is 0. The van der Waals surface area contributed by atoms with Crippen LogP contribution >= 0.6 is 0 Å². The molecule has 4 N–H and O–H groups in total. The van der Waals surface area contributed by atoms with Crippen LogP contribution in [0.2, 0.25) is 4.48 Å². The number of rotatable bonds is 0. The van der Waals surface area contributed by atoms with Gasteiger partial charge in [0, 0.05) is 0 Å². The molecule has 0 aromatic carbocycles. The summed E-state index contributed by atoms with van der Waals surface area (Å²) in [4.78, 5) is 0. The molecule has 0 saturated carbocycles. The van der Waals surface area contributed by atoms with E-state index in [-0.39, 0.29) is 30.1 Å². The molecule has 0 heterocycles. The van der Waals surface area contributed by atoms with Crippen molar-refractivity contribution in [2.24, 2.45) is 0 Å². The minimum Gasteiger partial charge on any atom is -1.00 e. The van der Waals surface area contributed by atoms with Crippen molar-refractivity contribution < 1.29 is 24.0 Å². The summed E-state index contributed by atoms with van der Waals surface area (Å²) in [5, 5.41) is 0. The summed E-state index contributed by atoms with van der Waals surface area (Å²) in [6, 6.07) is 0. The Balaban J connectivity index is -0.00000000500. The Hall–Kier alpha value is 1.61. The SMILES string of the molecule is [CH3][Pb].[I-].[NH4+]. The van der Waals surface area contributed by atoms with Crippen LogP contribution in [-0.4, -0.2) is 25.8 Å². The average molecular weight is 367 g/mol. The molecule has 0 aliphatic heterocycles. The van der Waals surface area contributed by atoms with Gasteiger partial charge in [-0.3, -0.25) is 0 Å². The Labute approximate surface area is 59.8 Å². The summed E-state index contributed by atoms with van der Waals surface area (Å²) in [5.74, 6) is 0. The third-order valence-corrected chi connectivity index (χ3v) is 0. The predicted octanol–water partition coefficient (Wildman–Crippen LogP) is -2.42. The van der Waals surface area contributed by atoms with Crippen LogP contribution in [0, 0.1) is 0 Å². The van der Waals surface area contributed by atoms with E-state index in [0.717, 1.165) is 0 Å². The summed E-state index contributed by atoms with van der Waals surface area (Å²) < 4.78 is 2.14. The molecule has 1 nitrogen and oxygen atoms in total. The van der Waals surface area contributed by atoms with Crippen LogP contribution in [0.1, 0.15) is 0 Å². The van der Waals surface area contributed by atoms with E-state index in [1.807, 2.05) is 0 Å². The molecule has 0 amide bonds. The van der Waals surface area contributed by atoms with Crippen LogP contribution in [0.5, 0.6) is 0 Å². The molecular weight excluding hydrogens is 360 g/mol. The maximum Gasteiger partial charge on any atom is -0.369 e. The van der Waals surface area contributed by atoms with E-state index in [2.05, 4.69) is 4.48 Å². The molecule has 3 radical (unpaired) electrons. The van der Waals surface area contributed by atoms with Gasteiger partial charge in [-0.1, -0.05) is 0 Å². The molecular formula is CH7INPb. The third kappa shape index (κ3) is 9.48. The van der Waals surface area contributed by atoms with Crippen LogP contribution in [0.4, 0.5) is 0 Å². The first-order valence-electron chi connectivity index (χ1n) is 0.500. The molecule has 27 valence electrons. The smallest absolute Gasteiger partial charge is 0.369 e. The number of quaternary nitrogens is 1. The van der Waals surface area contributed by atoms with Crippen molar-refractivity contribution in [2.75, 3.05) is 0 Å². The molecule has 0 spiro atoms. The second kappa shape index (κ2) is 23.2. The Kier molecular flexibility index (Phi) is 101. The fraction of sp³-hybridized carbons (Fsp3) is 1.00. The molecule has 0 unspecified atom stereocenters. The predicted molar refractivity (Wildman–Crippen MR) is 17.6 cm³/mol. The van der Waals surface area contributed by atoms with Gasteiger partial charge in [-0.25, -0.2) is 0 Å². The van der Waals surface area contributed by atoms with Gasteiger partial charge in [-0.05, 0) is 0 Å². The van der Waals surface area contributed by atoms with Crippen LogP contribution in [0.3, 0.4) is 0 Å². The molecule has 3 heteroatoms. The number of hydrogen-bond donors (Lipinski definition) is 1. The normalized spacial score (nSPS) is 1.50. The third-order valence-electron chi connectivity index (χ3n) is 0. The zero-order valence-electron chi connectivity index (χ0n) is 2.88. The second-order valence-electron chi connectivity index (χ2n) is 0. The zero-order chi connectivity index (χ0) is 2.00. The van der Waals surface area contributed by atoms with E-state index in [4.69, 9.17) is 0 Å². The van der Waals surface area contributed by atoms with Crippen molar-refractivity contribution in [2.45, 2.75) is 4.48 Å². The molecule has 0 aliphatic rings. The zero-order valence-corrected chi connectivity index (χ0v) is 8.92. The van der Waals surface area contributed by atoms with Gasteiger partial charge < -0.3 is 30.1 Å². The van der Waals surface area contributed by atoms with Gasteiger partial charge in [0.1, 0.15) is 0 Å². The fourth-order valence-corrected chi connectivity index (χ4v) is 0. The van der Waals surface area contributed by atoms with Gasteiger partial charge in [0.15, 0.2) is 0 Å². The van der Waals surface area contributed by atoms with Gasteiger partial charge in [-0.2, -0.15) is 0 Å². The van der Waals surface area contributed by atoms with E-state index in [1.165, 1.54) is 25.8 Å². The molecule has 0 saturated heterocycles. The summed E-state index contributed by atoms with van der Waals surface area (Å²) >= 11 is 1.31. The second-order valence-corrected chi connectivity index (χ2v) is 0. The van der Waals surface area contributed by atoms with Crippen LogP contribution in [0.25, 0.3) is 0 Å². The van der Waals surface area contributed by atoms with E-state index in [0.29, 0.717) is 0 Å². The number of halogens is 1. The van der Waals surface area contributed by atoms with Crippen molar-refractivity contribution in [1.29, 1.82) is 0 Å². The molecule has 4 heavy (non-hydrogen) atoms. The molecule has 0 rings (SSSR count). The Morgan fingerprint density at radius 2 is 1.25 bits per heavy atom. The van der Waals surface area contributed by atoms with Gasteiger partial charge in [-0.15, -0.1) is 0 Å². The quantitative estimate of drug-likeness (QED) is 0.366. The molecule has 0 aliphatic carbocycles. The van der Waals surface area contributed by atoms with Crippen LogP contribution < -0.4 is 30.1 Å². The van der Waals surface area contributed by atoms with Gasteiger partial charge in [0.05, 0.1) is 0 Å². The van der Waals surface area contributed by atoms with E-state index < -0.39 is 0 Å². The average Bonchev–Trinajstić information content (AvgIpc) is 1.00. The van der Waals surface area contributed by atoms with Crippen molar-refractivity contribution >= 4 is 25.8 Å². The molecule has 0 atom stereocenters. The van der Waals surface area contributed by atoms with E-state index >= 15 is 0 Å². The van der Waals surface area contributed by atoms with E-state index in [1.54, 1.807) is 0 Å². The van der Waals surface area contributed by atoms with Crippen LogP contribution in [0.15, 0.2) is 0 Å². The summed E-state index contributed by atoms with van der Waals surface area (Å²) in [6.45, 7) is 0. The molecule has 0 aromatic heterocycles. The van der Waals surface area contributed by atoms with Gasteiger partial charge in [0.2, 0.25) is 0 Å². The monoisotopic (exact) mass is 368 g/mol. The summed E-state index contributed by atoms with van der Waals surface area (Å²) in [7, 11) is 0. The Morgan fingerprint density at radius 3 is 1.25 bits per heavy atom. The van der Waals surface area contributed by atoms with Gasteiger partial charge >= 0.3 is 30.3 Å². The standard InChI is InChI=1S/CH3.HI.H3N.Pb/h1H3;1H;1H3;. The Morgan fingerprint density at radius 1 is 1.25 bits per heavy atom. The van der Waals surface area contributed by atoms with E-state index in [9.17, 15) is 0 Å². The first-order chi connectivity index (χ1) is 1.00. The first-order valence-corrected chi connectivity index (χ1v) is 4.39. The molecule has 0 fully saturated rings. The minimum atomic E-state index is 0.